The summed E-state index contributed by atoms with van der Waals surface area (Å²) in [5.74, 6) is -1.09. The smallest absolute Gasteiger partial charge is 0.356 e. The SMILES string of the molecule is O=C(O)C(=NNc1cccc2cccnc12)c1ccccc1. The van der Waals surface area contributed by atoms with Crippen molar-refractivity contribution in [3.63, 3.8) is 0 Å². The molecule has 0 fully saturated rings. The first kappa shape index (κ1) is 13.8. The van der Waals surface area contributed by atoms with E-state index in [-0.39, 0.29) is 5.71 Å². The van der Waals surface area contributed by atoms with Gasteiger partial charge in [0.1, 0.15) is 0 Å². The molecule has 0 unspecified atom stereocenters. The summed E-state index contributed by atoms with van der Waals surface area (Å²) in [6, 6.07) is 18.2. The lowest BCUT2D eigenvalue weighted by atomic mass is 10.1. The van der Waals surface area contributed by atoms with Crippen LogP contribution in [0.2, 0.25) is 0 Å². The third kappa shape index (κ3) is 2.78. The molecular weight excluding hydrogens is 278 g/mol. The normalized spacial score (nSPS) is 11.4. The maximum atomic E-state index is 11.4. The highest BCUT2D eigenvalue weighted by atomic mass is 16.4. The number of para-hydroxylation sites is 1. The van der Waals surface area contributed by atoms with Crippen molar-refractivity contribution < 1.29 is 9.90 Å². The lowest BCUT2D eigenvalue weighted by molar-refractivity contribution is -0.129. The number of carbonyl (C=O) groups is 1. The highest BCUT2D eigenvalue weighted by molar-refractivity contribution is 6.42. The number of nitrogens with zero attached hydrogens (tertiary/aromatic N) is 2. The number of benzene rings is 2. The molecule has 0 amide bonds. The van der Waals surface area contributed by atoms with Gasteiger partial charge < -0.3 is 5.11 Å². The van der Waals surface area contributed by atoms with Gasteiger partial charge in [0.05, 0.1) is 11.2 Å². The number of pyridine rings is 1. The van der Waals surface area contributed by atoms with Gasteiger partial charge in [-0.15, -0.1) is 0 Å². The minimum absolute atomic E-state index is 0.0477. The summed E-state index contributed by atoms with van der Waals surface area (Å²) in [6.07, 6.45) is 1.69. The number of hydrogen-bond acceptors (Lipinski definition) is 4. The zero-order valence-corrected chi connectivity index (χ0v) is 11.6. The van der Waals surface area contributed by atoms with E-state index in [1.165, 1.54) is 0 Å². The van der Waals surface area contributed by atoms with Crippen molar-refractivity contribution in [2.75, 3.05) is 5.43 Å². The highest BCUT2D eigenvalue weighted by Gasteiger charge is 2.12. The number of rotatable bonds is 4. The fourth-order valence-corrected chi connectivity index (χ4v) is 2.14. The monoisotopic (exact) mass is 291 g/mol. The van der Waals surface area contributed by atoms with Crippen LogP contribution in [0.1, 0.15) is 5.56 Å². The van der Waals surface area contributed by atoms with Crippen LogP contribution in [0.3, 0.4) is 0 Å². The Labute approximate surface area is 126 Å². The number of carboxylic acid groups (broad SMARTS) is 1. The van der Waals surface area contributed by atoms with E-state index in [0.29, 0.717) is 11.3 Å². The van der Waals surface area contributed by atoms with Gasteiger partial charge in [-0.3, -0.25) is 10.4 Å². The van der Waals surface area contributed by atoms with Crippen molar-refractivity contribution >= 4 is 28.3 Å². The summed E-state index contributed by atoms with van der Waals surface area (Å²) in [5.41, 5.74) is 4.70. The molecular formula is C17H13N3O2. The van der Waals surface area contributed by atoms with E-state index >= 15 is 0 Å². The fraction of sp³-hybridized carbons (Fsp3) is 0. The first-order valence-electron chi connectivity index (χ1n) is 6.72. The van der Waals surface area contributed by atoms with Crippen LogP contribution in [-0.4, -0.2) is 21.8 Å². The number of aliphatic carboxylic acids is 1. The maximum absolute atomic E-state index is 11.4. The van der Waals surface area contributed by atoms with Crippen molar-refractivity contribution in [3.8, 4) is 0 Å². The number of anilines is 1. The Morgan fingerprint density at radius 3 is 2.55 bits per heavy atom. The van der Waals surface area contributed by atoms with Crippen molar-refractivity contribution in [1.29, 1.82) is 0 Å². The zero-order valence-electron chi connectivity index (χ0n) is 11.6. The van der Waals surface area contributed by atoms with Gasteiger partial charge in [0.2, 0.25) is 0 Å². The Morgan fingerprint density at radius 2 is 1.77 bits per heavy atom. The van der Waals surface area contributed by atoms with Gasteiger partial charge >= 0.3 is 5.97 Å². The van der Waals surface area contributed by atoms with Crippen molar-refractivity contribution in [3.05, 3.63) is 72.4 Å². The first-order chi connectivity index (χ1) is 10.8. The Kier molecular flexibility index (Phi) is 3.78. The Hall–Kier alpha value is -3.21. The van der Waals surface area contributed by atoms with Crippen LogP contribution < -0.4 is 5.43 Å². The van der Waals surface area contributed by atoms with Gasteiger partial charge in [0, 0.05) is 17.1 Å². The van der Waals surface area contributed by atoms with E-state index in [4.69, 9.17) is 0 Å². The molecule has 108 valence electrons. The Balaban J connectivity index is 1.98. The second kappa shape index (κ2) is 6.05. The average Bonchev–Trinajstić information content (AvgIpc) is 2.56. The number of hydrogen-bond donors (Lipinski definition) is 2. The number of carboxylic acids is 1. The molecule has 0 aliphatic heterocycles. The zero-order chi connectivity index (χ0) is 15.4. The molecule has 22 heavy (non-hydrogen) atoms. The molecule has 2 aromatic carbocycles. The van der Waals surface area contributed by atoms with E-state index < -0.39 is 5.97 Å². The molecule has 0 atom stereocenters. The number of hydrazone groups is 1. The minimum atomic E-state index is -1.09. The Bertz CT molecular complexity index is 839. The summed E-state index contributed by atoms with van der Waals surface area (Å²) in [5, 5.41) is 14.3. The molecule has 0 aliphatic rings. The van der Waals surface area contributed by atoms with Gasteiger partial charge in [-0.25, -0.2) is 4.79 Å². The van der Waals surface area contributed by atoms with Gasteiger partial charge in [-0.05, 0) is 12.1 Å². The highest BCUT2D eigenvalue weighted by Crippen LogP contribution is 2.20. The summed E-state index contributed by atoms with van der Waals surface area (Å²) in [6.45, 7) is 0. The van der Waals surface area contributed by atoms with Crippen LogP contribution >= 0.6 is 0 Å². The topological polar surface area (TPSA) is 74.6 Å². The van der Waals surface area contributed by atoms with Gasteiger partial charge in [-0.2, -0.15) is 5.10 Å². The summed E-state index contributed by atoms with van der Waals surface area (Å²) in [7, 11) is 0. The maximum Gasteiger partial charge on any atom is 0.356 e. The second-order valence-corrected chi connectivity index (χ2v) is 4.62. The molecule has 1 aromatic heterocycles. The number of fused-ring (bicyclic) bond motifs is 1. The predicted octanol–water partition coefficient (Wildman–Crippen LogP) is 3.14. The molecule has 0 radical (unpaired) electrons. The molecule has 0 saturated heterocycles. The van der Waals surface area contributed by atoms with Gasteiger partial charge in [0.15, 0.2) is 5.71 Å². The molecule has 0 bridgehead atoms. The van der Waals surface area contributed by atoms with Crippen LogP contribution in [0.5, 0.6) is 0 Å². The lowest BCUT2D eigenvalue weighted by Crippen LogP contribution is -2.16. The third-order valence-corrected chi connectivity index (χ3v) is 3.17. The lowest BCUT2D eigenvalue weighted by Gasteiger charge is -2.06. The molecule has 2 N–H and O–H groups in total. The van der Waals surface area contributed by atoms with E-state index in [0.717, 1.165) is 10.9 Å². The van der Waals surface area contributed by atoms with Gasteiger partial charge in [-0.1, -0.05) is 48.5 Å². The second-order valence-electron chi connectivity index (χ2n) is 4.62. The number of nitrogens with one attached hydrogen (secondary N) is 1. The van der Waals surface area contributed by atoms with Crippen molar-refractivity contribution in [2.45, 2.75) is 0 Å². The molecule has 3 aromatic rings. The van der Waals surface area contributed by atoms with Crippen molar-refractivity contribution in [1.82, 2.24) is 4.98 Å². The molecule has 1 heterocycles. The van der Waals surface area contributed by atoms with E-state index in [1.807, 2.05) is 36.4 Å². The molecule has 0 aliphatic carbocycles. The third-order valence-electron chi connectivity index (χ3n) is 3.17. The molecule has 3 rings (SSSR count). The molecule has 5 heteroatoms. The number of aromatic nitrogens is 1. The van der Waals surface area contributed by atoms with Crippen LogP contribution in [-0.2, 0) is 4.79 Å². The summed E-state index contributed by atoms with van der Waals surface area (Å²) in [4.78, 5) is 15.7. The van der Waals surface area contributed by atoms with Crippen LogP contribution in [0.15, 0.2) is 72.0 Å². The van der Waals surface area contributed by atoms with Crippen molar-refractivity contribution in [2.24, 2.45) is 5.10 Å². The average molecular weight is 291 g/mol. The van der Waals surface area contributed by atoms with Crippen LogP contribution in [0, 0.1) is 0 Å². The quantitative estimate of drug-likeness (QED) is 0.572. The predicted molar refractivity (Wildman–Crippen MR) is 86.0 cm³/mol. The fourth-order valence-electron chi connectivity index (χ4n) is 2.14. The Morgan fingerprint density at radius 1 is 1.00 bits per heavy atom. The van der Waals surface area contributed by atoms with Crippen LogP contribution in [0.25, 0.3) is 10.9 Å². The summed E-state index contributed by atoms with van der Waals surface area (Å²) >= 11 is 0. The first-order valence-corrected chi connectivity index (χ1v) is 6.72. The summed E-state index contributed by atoms with van der Waals surface area (Å²) < 4.78 is 0. The van der Waals surface area contributed by atoms with E-state index in [1.54, 1.807) is 30.5 Å². The molecule has 0 saturated carbocycles. The minimum Gasteiger partial charge on any atom is -0.476 e. The van der Waals surface area contributed by atoms with E-state index in [9.17, 15) is 9.90 Å². The van der Waals surface area contributed by atoms with E-state index in [2.05, 4.69) is 15.5 Å². The standard InChI is InChI=1S/C17H13N3O2/c21-17(22)16(13-6-2-1-3-7-13)20-19-14-10-4-8-12-9-5-11-18-15(12)14/h1-11,19H,(H,21,22). The van der Waals surface area contributed by atoms with Crippen LogP contribution in [0.4, 0.5) is 5.69 Å². The molecule has 0 spiro atoms. The largest absolute Gasteiger partial charge is 0.476 e. The molecule has 5 nitrogen and oxygen atoms in total. The van der Waals surface area contributed by atoms with Gasteiger partial charge in [0.25, 0.3) is 0 Å².